The number of rotatable bonds is 6. The molecule has 4 heterocycles. The first kappa shape index (κ1) is 24.3. The number of nitrogens with zero attached hydrogens (tertiary/aromatic N) is 4. The predicted octanol–water partition coefficient (Wildman–Crippen LogP) is 5.76. The van der Waals surface area contributed by atoms with Gasteiger partial charge >= 0.3 is 6.03 Å². The van der Waals surface area contributed by atoms with E-state index in [2.05, 4.69) is 25.5 Å². The minimum absolute atomic E-state index is 0.00999. The lowest BCUT2D eigenvalue weighted by molar-refractivity contribution is 0.103. The predicted molar refractivity (Wildman–Crippen MR) is 145 cm³/mol. The number of anilines is 4. The van der Waals surface area contributed by atoms with Crippen LogP contribution in [-0.4, -0.2) is 47.0 Å². The molecule has 9 nitrogen and oxygen atoms in total. The number of urea groups is 1. The number of likely N-dealkylation sites (tertiary alicyclic amines) is 1. The van der Waals surface area contributed by atoms with Crippen LogP contribution in [0.1, 0.15) is 34.5 Å². The Hall–Kier alpha value is -4.09. The average Bonchev–Trinajstić information content (AvgIpc) is 3.30. The van der Waals surface area contributed by atoms with E-state index in [0.29, 0.717) is 32.2 Å². The van der Waals surface area contributed by atoms with E-state index in [1.54, 1.807) is 6.07 Å². The van der Waals surface area contributed by atoms with Gasteiger partial charge in [-0.3, -0.25) is 9.69 Å². The highest BCUT2D eigenvalue weighted by Gasteiger charge is 2.35. The topological polar surface area (TPSA) is 99.7 Å². The number of amides is 3. The van der Waals surface area contributed by atoms with Gasteiger partial charge in [-0.15, -0.1) is 11.3 Å². The molecule has 2 aliphatic heterocycles. The number of halogens is 1. The molecule has 2 aromatic carbocycles. The number of piperidine rings is 1. The first-order chi connectivity index (χ1) is 18.5. The Kier molecular flexibility index (Phi) is 6.38. The van der Waals surface area contributed by atoms with Crippen molar-refractivity contribution in [3.63, 3.8) is 0 Å². The molecule has 0 spiro atoms. The summed E-state index contributed by atoms with van der Waals surface area (Å²) < 4.78 is 19.9. The highest BCUT2D eigenvalue weighted by Crippen LogP contribution is 2.45. The van der Waals surface area contributed by atoms with Crippen molar-refractivity contribution in [3.8, 4) is 5.75 Å². The van der Waals surface area contributed by atoms with Crippen LogP contribution in [0.2, 0.25) is 0 Å². The lowest BCUT2D eigenvalue weighted by Crippen LogP contribution is -2.35. The fourth-order valence-electron chi connectivity index (χ4n) is 4.90. The van der Waals surface area contributed by atoms with Crippen molar-refractivity contribution in [2.45, 2.75) is 25.8 Å². The van der Waals surface area contributed by atoms with Crippen LogP contribution in [0.5, 0.6) is 5.75 Å². The molecule has 2 aromatic heterocycles. The lowest BCUT2D eigenvalue weighted by Gasteiger charge is -2.27. The first-order valence-electron chi connectivity index (χ1n) is 12.4. The number of benzene rings is 2. The molecule has 11 heteroatoms. The molecule has 0 aliphatic carbocycles. The molecular weight excluding hydrogens is 507 g/mol. The summed E-state index contributed by atoms with van der Waals surface area (Å²) in [5, 5.41) is 6.15. The molecule has 4 aromatic rings. The van der Waals surface area contributed by atoms with Gasteiger partial charge in [0.15, 0.2) is 11.6 Å². The van der Waals surface area contributed by atoms with Crippen LogP contribution in [0.4, 0.5) is 32.1 Å². The van der Waals surface area contributed by atoms with E-state index < -0.39 is 11.8 Å². The molecular formula is C27H25FN6O3S. The number of carbonyl (C=O) groups excluding carboxylic acids is 2. The first-order valence-corrected chi connectivity index (χ1v) is 13.2. The maximum absolute atomic E-state index is 14.9. The van der Waals surface area contributed by atoms with Crippen molar-refractivity contribution in [2.24, 2.45) is 0 Å². The van der Waals surface area contributed by atoms with Crippen LogP contribution in [0.25, 0.3) is 10.2 Å². The smallest absolute Gasteiger partial charge is 0.332 e. The fourth-order valence-corrected chi connectivity index (χ4v) is 5.89. The maximum Gasteiger partial charge on any atom is 0.332 e. The standard InChI is InChI=1S/C27H25FN6O3S/c1-37-18-9-10-20(19(28)13-18)34-24-21-22(32-27(34)36)23(38-26(21)30-15-29-24)25(35)31-17-7-5-16(6-8-17)14-33-11-3-2-4-12-33/h5-10,13,15H,2-4,11-12,14H2,1H3,(H,31,35)(H,32,36). The lowest BCUT2D eigenvalue weighted by atomic mass is 10.1. The van der Waals surface area contributed by atoms with Crippen LogP contribution in [0.3, 0.4) is 0 Å². The zero-order valence-corrected chi connectivity index (χ0v) is 21.5. The number of nitrogens with one attached hydrogen (secondary N) is 2. The average molecular weight is 533 g/mol. The van der Waals surface area contributed by atoms with Crippen LogP contribution in [-0.2, 0) is 6.54 Å². The highest BCUT2D eigenvalue weighted by molar-refractivity contribution is 7.21. The molecule has 194 valence electrons. The molecule has 0 saturated carbocycles. The molecule has 2 aliphatic rings. The summed E-state index contributed by atoms with van der Waals surface area (Å²) in [6.45, 7) is 3.13. The fraction of sp³-hybridized carbons (Fsp3) is 0.259. The van der Waals surface area contributed by atoms with Crippen molar-refractivity contribution in [1.29, 1.82) is 0 Å². The number of hydrogen-bond donors (Lipinski definition) is 2. The summed E-state index contributed by atoms with van der Waals surface area (Å²) >= 11 is 1.14. The molecule has 2 N–H and O–H groups in total. The van der Waals surface area contributed by atoms with Crippen molar-refractivity contribution in [1.82, 2.24) is 14.9 Å². The molecule has 0 atom stereocenters. The molecule has 6 rings (SSSR count). The third kappa shape index (κ3) is 4.44. The second-order valence-electron chi connectivity index (χ2n) is 9.25. The van der Waals surface area contributed by atoms with Gasteiger partial charge in [0, 0.05) is 18.3 Å². The Morgan fingerprint density at radius 3 is 2.66 bits per heavy atom. The van der Waals surface area contributed by atoms with Crippen LogP contribution in [0, 0.1) is 5.82 Å². The normalized spacial score (nSPS) is 15.4. The number of thiophene rings is 1. The number of carbonyl (C=O) groups is 2. The second kappa shape index (κ2) is 9.99. The van der Waals surface area contributed by atoms with E-state index in [-0.39, 0.29) is 17.4 Å². The Bertz CT molecular complexity index is 1530. The SMILES string of the molecule is COc1ccc(N2C(=O)Nc3c(C(=O)Nc4ccc(CN5CCCCC5)cc4)sc4ncnc2c34)c(F)c1. The van der Waals surface area contributed by atoms with Crippen LogP contribution in [0.15, 0.2) is 48.8 Å². The molecule has 0 unspecified atom stereocenters. The Morgan fingerprint density at radius 2 is 1.92 bits per heavy atom. The second-order valence-corrected chi connectivity index (χ2v) is 10.3. The third-order valence-electron chi connectivity index (χ3n) is 6.78. The number of ether oxygens (including phenoxy) is 1. The van der Waals surface area contributed by atoms with Crippen molar-refractivity contribution in [3.05, 3.63) is 65.0 Å². The molecule has 0 radical (unpaired) electrons. The molecule has 38 heavy (non-hydrogen) atoms. The van der Waals surface area contributed by atoms with E-state index in [9.17, 15) is 14.0 Å². The number of hydrogen-bond acceptors (Lipinski definition) is 7. The van der Waals surface area contributed by atoms with Gasteiger partial charge in [0.05, 0.1) is 23.9 Å². The number of methoxy groups -OCH3 is 1. The minimum Gasteiger partial charge on any atom is -0.497 e. The van der Waals surface area contributed by atoms with Gasteiger partial charge in [0.1, 0.15) is 21.8 Å². The quantitative estimate of drug-likeness (QED) is 0.328. The van der Waals surface area contributed by atoms with Crippen molar-refractivity contribution >= 4 is 56.4 Å². The van der Waals surface area contributed by atoms with Gasteiger partial charge in [0.25, 0.3) is 5.91 Å². The maximum atomic E-state index is 14.9. The van der Waals surface area contributed by atoms with Gasteiger partial charge in [-0.2, -0.15) is 0 Å². The van der Waals surface area contributed by atoms with E-state index in [0.717, 1.165) is 35.9 Å². The zero-order valence-electron chi connectivity index (χ0n) is 20.7. The third-order valence-corrected chi connectivity index (χ3v) is 7.88. The van der Waals surface area contributed by atoms with E-state index in [1.807, 2.05) is 24.3 Å². The molecule has 1 saturated heterocycles. The van der Waals surface area contributed by atoms with Crippen molar-refractivity contribution in [2.75, 3.05) is 35.7 Å². The Balaban J connectivity index is 1.27. The zero-order chi connectivity index (χ0) is 26.2. The minimum atomic E-state index is -0.647. The molecule has 1 fully saturated rings. The van der Waals surface area contributed by atoms with Crippen LogP contribution >= 0.6 is 11.3 Å². The van der Waals surface area contributed by atoms with E-state index >= 15 is 0 Å². The molecule has 0 bridgehead atoms. The highest BCUT2D eigenvalue weighted by atomic mass is 32.1. The van der Waals surface area contributed by atoms with Crippen molar-refractivity contribution < 1.29 is 18.7 Å². The summed E-state index contributed by atoms with van der Waals surface area (Å²) in [5.41, 5.74) is 2.17. The largest absolute Gasteiger partial charge is 0.497 e. The monoisotopic (exact) mass is 532 g/mol. The summed E-state index contributed by atoms with van der Waals surface area (Å²) in [6, 6.07) is 11.4. The summed E-state index contributed by atoms with van der Waals surface area (Å²) in [4.78, 5) is 39.4. The van der Waals surface area contributed by atoms with Gasteiger partial charge < -0.3 is 15.4 Å². The van der Waals surface area contributed by atoms with Crippen LogP contribution < -0.4 is 20.3 Å². The van der Waals surface area contributed by atoms with Gasteiger partial charge in [0.2, 0.25) is 0 Å². The van der Waals surface area contributed by atoms with E-state index in [4.69, 9.17) is 4.74 Å². The Morgan fingerprint density at radius 1 is 1.13 bits per heavy atom. The summed E-state index contributed by atoms with van der Waals surface area (Å²) in [6.07, 6.45) is 5.07. The summed E-state index contributed by atoms with van der Waals surface area (Å²) in [7, 11) is 1.43. The summed E-state index contributed by atoms with van der Waals surface area (Å²) in [5.74, 6) is -0.491. The van der Waals surface area contributed by atoms with E-state index in [1.165, 1.54) is 50.4 Å². The number of aromatic nitrogens is 2. The van der Waals surface area contributed by atoms with Gasteiger partial charge in [-0.05, 0) is 55.8 Å². The molecule has 3 amide bonds. The Labute approximate surface area is 222 Å². The van der Waals surface area contributed by atoms with Gasteiger partial charge in [-0.25, -0.2) is 24.1 Å². The van der Waals surface area contributed by atoms with Gasteiger partial charge in [-0.1, -0.05) is 18.6 Å².